The van der Waals surface area contributed by atoms with Gasteiger partial charge in [0.1, 0.15) is 11.9 Å². The van der Waals surface area contributed by atoms with Gasteiger partial charge in [-0.25, -0.2) is 0 Å². The van der Waals surface area contributed by atoms with Gasteiger partial charge in [-0.1, -0.05) is 13.8 Å². The number of aliphatic hydroxyl groups excluding tert-OH is 1. The van der Waals surface area contributed by atoms with Crippen LogP contribution in [0.3, 0.4) is 0 Å². The predicted molar refractivity (Wildman–Crippen MR) is 99.4 cm³/mol. The lowest BCUT2D eigenvalue weighted by Gasteiger charge is -2.18. The zero-order valence-electron chi connectivity index (χ0n) is 14.8. The molecule has 0 saturated carbocycles. The number of hydrazine groups is 1. The van der Waals surface area contributed by atoms with Gasteiger partial charge >= 0.3 is 0 Å². The summed E-state index contributed by atoms with van der Waals surface area (Å²) in [5.41, 5.74) is 10.6. The topological polar surface area (TPSA) is 114 Å². The summed E-state index contributed by atoms with van der Waals surface area (Å²) in [7, 11) is 0. The van der Waals surface area contributed by atoms with Crippen LogP contribution in [0.1, 0.15) is 37.6 Å². The van der Waals surface area contributed by atoms with Crippen LogP contribution in [0.4, 0.5) is 0 Å². The van der Waals surface area contributed by atoms with E-state index in [1.165, 1.54) is 0 Å². The molecule has 0 aromatic heterocycles. The van der Waals surface area contributed by atoms with Gasteiger partial charge in [0.25, 0.3) is 11.8 Å². The predicted octanol–water partition coefficient (Wildman–Crippen LogP) is 1.07. The van der Waals surface area contributed by atoms with Crippen molar-refractivity contribution in [2.75, 3.05) is 12.4 Å². The summed E-state index contributed by atoms with van der Waals surface area (Å²) >= 11 is 1.71. The molecule has 1 rings (SSSR count). The van der Waals surface area contributed by atoms with E-state index in [4.69, 9.17) is 10.5 Å². The Morgan fingerprint density at radius 1 is 1.24 bits per heavy atom. The molecule has 5 N–H and O–H groups in total. The van der Waals surface area contributed by atoms with Crippen LogP contribution in [0.15, 0.2) is 24.3 Å². The molecule has 8 heteroatoms. The number of ether oxygens (including phenoxy) is 1. The highest BCUT2D eigenvalue weighted by Crippen LogP contribution is 2.13. The smallest absolute Gasteiger partial charge is 0.269 e. The molecule has 1 aromatic carbocycles. The first-order valence-corrected chi connectivity index (χ1v) is 9.28. The largest absolute Gasteiger partial charge is 0.494 e. The number of hydrogen-bond acceptors (Lipinski definition) is 6. The highest BCUT2D eigenvalue weighted by molar-refractivity contribution is 7.99. The van der Waals surface area contributed by atoms with Crippen LogP contribution in [-0.4, -0.2) is 46.7 Å². The molecule has 2 atom stereocenters. The second-order valence-electron chi connectivity index (χ2n) is 5.72. The lowest BCUT2D eigenvalue weighted by molar-refractivity contribution is -0.131. The maximum Gasteiger partial charge on any atom is 0.269 e. The van der Waals surface area contributed by atoms with E-state index in [2.05, 4.69) is 24.7 Å². The number of nitrogens with one attached hydrogen (secondary N) is 2. The molecule has 2 amide bonds. The summed E-state index contributed by atoms with van der Waals surface area (Å²) in [5.74, 6) is 0.180. The third-order valence-electron chi connectivity index (χ3n) is 3.30. The molecule has 0 aliphatic heterocycles. The van der Waals surface area contributed by atoms with Crippen LogP contribution >= 0.6 is 11.8 Å². The van der Waals surface area contributed by atoms with Crippen molar-refractivity contribution in [3.63, 3.8) is 0 Å². The Kier molecular flexibility index (Phi) is 9.33. The Morgan fingerprint density at radius 2 is 1.88 bits per heavy atom. The molecule has 0 aliphatic carbocycles. The van der Waals surface area contributed by atoms with E-state index < -0.39 is 24.0 Å². The average molecular weight is 369 g/mol. The van der Waals surface area contributed by atoms with Crippen LogP contribution in [0.2, 0.25) is 0 Å². The minimum atomic E-state index is -1.38. The normalized spacial score (nSPS) is 13.2. The van der Waals surface area contributed by atoms with E-state index in [0.29, 0.717) is 29.6 Å². The second-order valence-corrected chi connectivity index (χ2v) is 7.40. The van der Waals surface area contributed by atoms with Crippen LogP contribution in [0, 0.1) is 0 Å². The molecule has 0 fully saturated rings. The monoisotopic (exact) mass is 369 g/mol. The molecule has 25 heavy (non-hydrogen) atoms. The minimum absolute atomic E-state index is 0.357. The number of hydrogen-bond donors (Lipinski definition) is 4. The first-order valence-electron chi connectivity index (χ1n) is 8.23. The molecule has 0 heterocycles. The summed E-state index contributed by atoms with van der Waals surface area (Å²) in [6.07, 6.45) is -0.877. The van der Waals surface area contributed by atoms with E-state index >= 15 is 0 Å². The summed E-state index contributed by atoms with van der Waals surface area (Å²) < 4.78 is 5.29. The maximum atomic E-state index is 12.0. The Balaban J connectivity index is 2.42. The quantitative estimate of drug-likeness (QED) is 0.484. The standard InChI is InChI=1S/C17H27N3O4S/c1-4-24-13-7-5-12(6-8-13)16(22)19-20-17(23)15(21)14(18)9-10-25-11(2)3/h5-8,11,14-15,21H,4,9-10,18H2,1-3H3,(H,19,22)(H,20,23)/t14-,15?/m1/s1. The van der Waals surface area contributed by atoms with Gasteiger partial charge in [-0.2, -0.15) is 11.8 Å². The molecule has 1 aromatic rings. The number of rotatable bonds is 9. The fourth-order valence-corrected chi connectivity index (χ4v) is 2.81. The number of amides is 2. The summed E-state index contributed by atoms with van der Waals surface area (Å²) in [6, 6.07) is 5.80. The van der Waals surface area contributed by atoms with Crippen molar-refractivity contribution in [3.8, 4) is 5.75 Å². The van der Waals surface area contributed by atoms with Crippen molar-refractivity contribution in [2.45, 2.75) is 44.6 Å². The SMILES string of the molecule is CCOc1ccc(C(=O)NNC(=O)C(O)[C@H](N)CCSC(C)C)cc1. The van der Waals surface area contributed by atoms with E-state index in [-0.39, 0.29) is 0 Å². The second kappa shape index (κ2) is 11.0. The molecular formula is C17H27N3O4S. The third-order valence-corrected chi connectivity index (χ3v) is 4.44. The van der Waals surface area contributed by atoms with E-state index in [1.54, 1.807) is 36.0 Å². The summed E-state index contributed by atoms with van der Waals surface area (Å²) in [4.78, 5) is 23.8. The highest BCUT2D eigenvalue weighted by Gasteiger charge is 2.23. The van der Waals surface area contributed by atoms with Crippen LogP contribution in [0.5, 0.6) is 5.75 Å². The Labute approximate surface area is 152 Å². The third kappa shape index (κ3) is 7.76. The first kappa shape index (κ1) is 21.3. The number of carbonyl (C=O) groups is 2. The van der Waals surface area contributed by atoms with Crippen LogP contribution < -0.4 is 21.3 Å². The first-order chi connectivity index (χ1) is 11.8. The fourth-order valence-electron chi connectivity index (χ4n) is 1.93. The number of thioether (sulfide) groups is 1. The van der Waals surface area contributed by atoms with Crippen LogP contribution in [0.25, 0.3) is 0 Å². The zero-order valence-corrected chi connectivity index (χ0v) is 15.6. The van der Waals surface area contributed by atoms with Gasteiger partial charge in [-0.15, -0.1) is 0 Å². The van der Waals surface area contributed by atoms with Gasteiger partial charge in [0, 0.05) is 11.6 Å². The summed E-state index contributed by atoms with van der Waals surface area (Å²) in [5, 5.41) is 10.4. The van der Waals surface area contributed by atoms with Crippen molar-refractivity contribution in [3.05, 3.63) is 29.8 Å². The summed E-state index contributed by atoms with van der Waals surface area (Å²) in [6.45, 7) is 6.54. The minimum Gasteiger partial charge on any atom is -0.494 e. The lowest BCUT2D eigenvalue weighted by atomic mass is 10.1. The molecular weight excluding hydrogens is 342 g/mol. The van der Waals surface area contributed by atoms with Crippen molar-refractivity contribution < 1.29 is 19.4 Å². The fraction of sp³-hybridized carbons (Fsp3) is 0.529. The van der Waals surface area contributed by atoms with Gasteiger partial charge < -0.3 is 15.6 Å². The van der Waals surface area contributed by atoms with Gasteiger partial charge in [-0.3, -0.25) is 20.4 Å². The number of aliphatic hydroxyl groups is 1. The van der Waals surface area contributed by atoms with Crippen molar-refractivity contribution in [2.24, 2.45) is 5.73 Å². The van der Waals surface area contributed by atoms with E-state index in [1.807, 2.05) is 6.92 Å². The van der Waals surface area contributed by atoms with E-state index in [0.717, 1.165) is 5.75 Å². The Morgan fingerprint density at radius 3 is 2.44 bits per heavy atom. The van der Waals surface area contributed by atoms with Crippen LogP contribution in [-0.2, 0) is 4.79 Å². The lowest BCUT2D eigenvalue weighted by Crippen LogP contribution is -2.52. The molecule has 0 radical (unpaired) electrons. The molecule has 0 spiro atoms. The molecule has 140 valence electrons. The van der Waals surface area contributed by atoms with Gasteiger partial charge in [0.05, 0.1) is 6.61 Å². The van der Waals surface area contributed by atoms with Crippen molar-refractivity contribution in [1.82, 2.24) is 10.9 Å². The number of benzene rings is 1. The van der Waals surface area contributed by atoms with E-state index in [9.17, 15) is 14.7 Å². The molecule has 0 aliphatic rings. The van der Waals surface area contributed by atoms with Gasteiger partial charge in [-0.05, 0) is 48.6 Å². The van der Waals surface area contributed by atoms with Crippen molar-refractivity contribution in [1.29, 1.82) is 0 Å². The molecule has 0 bridgehead atoms. The average Bonchev–Trinajstić information content (AvgIpc) is 2.59. The molecule has 0 saturated heterocycles. The molecule has 7 nitrogen and oxygen atoms in total. The number of nitrogens with two attached hydrogens (primary N) is 1. The highest BCUT2D eigenvalue weighted by atomic mass is 32.2. The zero-order chi connectivity index (χ0) is 18.8. The van der Waals surface area contributed by atoms with Gasteiger partial charge in [0.15, 0.2) is 0 Å². The van der Waals surface area contributed by atoms with Crippen molar-refractivity contribution >= 4 is 23.6 Å². The Bertz CT molecular complexity index is 551. The Hall–Kier alpha value is -1.77. The maximum absolute atomic E-state index is 12.0. The van der Waals surface area contributed by atoms with Gasteiger partial charge in [0.2, 0.25) is 0 Å². The molecule has 1 unspecified atom stereocenters. The number of carbonyl (C=O) groups excluding carboxylic acids is 2.